The number of aromatic nitrogens is 1. The molecule has 2 aromatic carbocycles. The lowest BCUT2D eigenvalue weighted by Crippen LogP contribution is -2.51. The van der Waals surface area contributed by atoms with Crippen LogP contribution in [-0.4, -0.2) is 29.8 Å². The Bertz CT molecular complexity index is 1560. The SMILES string of the molecule is CC1(Oc2ccc(NC(=O)Nc3ccc(-c4c[nH]c(=O)c5ccoc45)cc3F)cc2C(F)(F)F)COC1. The van der Waals surface area contributed by atoms with Gasteiger partial charge in [-0.05, 0) is 48.9 Å². The van der Waals surface area contributed by atoms with E-state index in [0.29, 0.717) is 16.5 Å². The maximum absolute atomic E-state index is 14.8. The molecule has 2 amide bonds. The number of fused-ring (bicyclic) bond motifs is 1. The lowest BCUT2D eigenvalue weighted by molar-refractivity contribution is -0.160. The van der Waals surface area contributed by atoms with Gasteiger partial charge in [0.05, 0.1) is 36.1 Å². The molecular weight excluding hydrogens is 498 g/mol. The van der Waals surface area contributed by atoms with Crippen LogP contribution in [0.5, 0.6) is 5.75 Å². The number of benzene rings is 2. The molecule has 1 fully saturated rings. The van der Waals surface area contributed by atoms with E-state index in [0.717, 1.165) is 18.2 Å². The number of halogens is 4. The zero-order valence-electron chi connectivity index (χ0n) is 19.2. The van der Waals surface area contributed by atoms with Gasteiger partial charge in [-0.1, -0.05) is 6.07 Å². The van der Waals surface area contributed by atoms with Gasteiger partial charge in [0, 0.05) is 17.4 Å². The molecule has 3 heterocycles. The number of aromatic amines is 1. The smallest absolute Gasteiger partial charge is 0.420 e. The molecule has 192 valence electrons. The fraction of sp³-hybridized carbons (Fsp3) is 0.200. The fourth-order valence-corrected chi connectivity index (χ4v) is 3.89. The molecular formula is C25H19F4N3O5. The number of carbonyl (C=O) groups is 1. The van der Waals surface area contributed by atoms with Gasteiger partial charge in [-0.15, -0.1) is 0 Å². The van der Waals surface area contributed by atoms with Crippen LogP contribution in [0.1, 0.15) is 12.5 Å². The van der Waals surface area contributed by atoms with Crippen molar-refractivity contribution < 1.29 is 36.2 Å². The second-order valence-corrected chi connectivity index (χ2v) is 8.72. The molecule has 0 radical (unpaired) electrons. The van der Waals surface area contributed by atoms with E-state index in [4.69, 9.17) is 13.9 Å². The topological polar surface area (TPSA) is 106 Å². The Balaban J connectivity index is 1.33. The summed E-state index contributed by atoms with van der Waals surface area (Å²) in [6.45, 7) is 1.95. The summed E-state index contributed by atoms with van der Waals surface area (Å²) in [4.78, 5) is 26.8. The van der Waals surface area contributed by atoms with Crippen molar-refractivity contribution in [2.24, 2.45) is 0 Å². The van der Waals surface area contributed by atoms with Crippen molar-refractivity contribution in [1.82, 2.24) is 4.98 Å². The van der Waals surface area contributed by atoms with E-state index in [2.05, 4.69) is 15.6 Å². The van der Waals surface area contributed by atoms with Gasteiger partial charge in [0.1, 0.15) is 17.1 Å². The molecule has 4 aromatic rings. The third kappa shape index (κ3) is 4.87. The highest BCUT2D eigenvalue weighted by Gasteiger charge is 2.40. The highest BCUT2D eigenvalue weighted by molar-refractivity contribution is 6.00. The number of carbonyl (C=O) groups excluding carboxylic acids is 1. The summed E-state index contributed by atoms with van der Waals surface area (Å²) >= 11 is 0. The van der Waals surface area contributed by atoms with Gasteiger partial charge < -0.3 is 29.5 Å². The molecule has 37 heavy (non-hydrogen) atoms. The Morgan fingerprint density at radius 2 is 1.89 bits per heavy atom. The lowest BCUT2D eigenvalue weighted by Gasteiger charge is -2.38. The molecule has 0 aliphatic carbocycles. The van der Waals surface area contributed by atoms with Crippen molar-refractivity contribution in [2.45, 2.75) is 18.7 Å². The van der Waals surface area contributed by atoms with Crippen LogP contribution in [0.2, 0.25) is 0 Å². The standard InChI is InChI=1S/C25H19F4N3O5/c1-24(11-35-12-24)37-20-5-3-14(9-17(20)25(27,28)29)31-23(34)32-19-4-2-13(8-18(19)26)16-10-30-22(33)15-6-7-36-21(15)16/h2-10H,11-12H2,1H3,(H,30,33)(H2,31,32,34). The number of pyridine rings is 1. The minimum atomic E-state index is -4.74. The average molecular weight is 517 g/mol. The molecule has 0 unspecified atom stereocenters. The van der Waals surface area contributed by atoms with E-state index in [1.54, 1.807) is 6.92 Å². The maximum atomic E-state index is 14.8. The van der Waals surface area contributed by atoms with Crippen molar-refractivity contribution in [1.29, 1.82) is 0 Å². The molecule has 3 N–H and O–H groups in total. The Morgan fingerprint density at radius 1 is 1.11 bits per heavy atom. The Kier molecular flexibility index (Phi) is 5.91. The van der Waals surface area contributed by atoms with E-state index >= 15 is 0 Å². The molecule has 2 aromatic heterocycles. The molecule has 5 rings (SSSR count). The van der Waals surface area contributed by atoms with Gasteiger partial charge >= 0.3 is 12.2 Å². The molecule has 0 bridgehead atoms. The monoisotopic (exact) mass is 517 g/mol. The van der Waals surface area contributed by atoms with Crippen LogP contribution in [0.3, 0.4) is 0 Å². The van der Waals surface area contributed by atoms with E-state index in [1.165, 1.54) is 36.7 Å². The van der Waals surface area contributed by atoms with Gasteiger partial charge in [-0.3, -0.25) is 4.79 Å². The number of H-pyrrole nitrogens is 1. The quantitative estimate of drug-likeness (QED) is 0.292. The van der Waals surface area contributed by atoms with Crippen LogP contribution >= 0.6 is 0 Å². The van der Waals surface area contributed by atoms with Crippen LogP contribution in [0.15, 0.2) is 64.1 Å². The van der Waals surface area contributed by atoms with E-state index in [1.807, 2.05) is 0 Å². The van der Waals surface area contributed by atoms with Crippen molar-refractivity contribution in [3.05, 3.63) is 76.7 Å². The number of rotatable bonds is 5. The maximum Gasteiger partial charge on any atom is 0.420 e. The van der Waals surface area contributed by atoms with Crippen molar-refractivity contribution in [3.8, 4) is 16.9 Å². The van der Waals surface area contributed by atoms with Crippen LogP contribution in [0.25, 0.3) is 22.1 Å². The van der Waals surface area contributed by atoms with Gasteiger partial charge in [0.15, 0.2) is 5.60 Å². The van der Waals surface area contributed by atoms with Crippen molar-refractivity contribution >= 4 is 28.4 Å². The number of alkyl halides is 3. The molecule has 0 saturated carbocycles. The third-order valence-corrected chi connectivity index (χ3v) is 5.74. The highest BCUT2D eigenvalue weighted by Crippen LogP contribution is 2.40. The minimum Gasteiger partial charge on any atom is -0.482 e. The molecule has 1 aliphatic rings. The van der Waals surface area contributed by atoms with E-state index in [9.17, 15) is 27.2 Å². The van der Waals surface area contributed by atoms with Crippen molar-refractivity contribution in [2.75, 3.05) is 23.8 Å². The zero-order chi connectivity index (χ0) is 26.4. The summed E-state index contributed by atoms with van der Waals surface area (Å²) < 4.78 is 71.5. The molecule has 8 nitrogen and oxygen atoms in total. The molecule has 1 aliphatic heterocycles. The number of hydrogen-bond acceptors (Lipinski definition) is 5. The van der Waals surface area contributed by atoms with Crippen LogP contribution < -0.4 is 20.9 Å². The lowest BCUT2D eigenvalue weighted by atomic mass is 10.0. The van der Waals surface area contributed by atoms with Gasteiger partial charge in [0.2, 0.25) is 0 Å². The summed E-state index contributed by atoms with van der Waals surface area (Å²) in [7, 11) is 0. The second kappa shape index (κ2) is 8.96. The minimum absolute atomic E-state index is 0.158. The first-order valence-corrected chi connectivity index (χ1v) is 11.0. The number of hydrogen-bond donors (Lipinski definition) is 3. The number of amides is 2. The highest BCUT2D eigenvalue weighted by atomic mass is 19.4. The largest absolute Gasteiger partial charge is 0.482 e. The van der Waals surface area contributed by atoms with E-state index in [-0.39, 0.29) is 41.5 Å². The Morgan fingerprint density at radius 3 is 2.57 bits per heavy atom. The van der Waals surface area contributed by atoms with Crippen LogP contribution in [0.4, 0.5) is 33.7 Å². The third-order valence-electron chi connectivity index (χ3n) is 5.74. The first kappa shape index (κ1) is 24.4. The van der Waals surface area contributed by atoms with Gasteiger partial charge in [0.25, 0.3) is 5.56 Å². The molecule has 0 spiro atoms. The van der Waals surface area contributed by atoms with E-state index < -0.39 is 29.2 Å². The molecule has 12 heteroatoms. The first-order valence-electron chi connectivity index (χ1n) is 11.0. The Hall–Kier alpha value is -4.32. The predicted molar refractivity (Wildman–Crippen MR) is 126 cm³/mol. The molecule has 0 atom stereocenters. The Labute approximate surface area is 206 Å². The summed E-state index contributed by atoms with van der Waals surface area (Å²) in [6.07, 6.45) is -2.02. The van der Waals surface area contributed by atoms with Gasteiger partial charge in [-0.2, -0.15) is 13.2 Å². The normalized spacial score (nSPS) is 14.7. The number of ether oxygens (including phenoxy) is 2. The number of nitrogens with one attached hydrogen (secondary N) is 3. The summed E-state index contributed by atoms with van der Waals surface area (Å²) in [5, 5.41) is 4.84. The number of urea groups is 1. The predicted octanol–water partition coefficient (Wildman–Crippen LogP) is 5.76. The summed E-state index contributed by atoms with van der Waals surface area (Å²) in [6, 6.07) is 7.53. The first-order chi connectivity index (χ1) is 17.5. The number of furan rings is 1. The number of anilines is 2. The summed E-state index contributed by atoms with van der Waals surface area (Å²) in [5.74, 6) is -1.20. The van der Waals surface area contributed by atoms with Crippen LogP contribution in [-0.2, 0) is 10.9 Å². The fourth-order valence-electron chi connectivity index (χ4n) is 3.89. The van der Waals surface area contributed by atoms with Crippen molar-refractivity contribution in [3.63, 3.8) is 0 Å². The molecule has 1 saturated heterocycles. The zero-order valence-corrected chi connectivity index (χ0v) is 19.2. The summed E-state index contributed by atoms with van der Waals surface area (Å²) in [5.41, 5.74) is -1.61. The average Bonchev–Trinajstić information content (AvgIpc) is 3.31. The van der Waals surface area contributed by atoms with Gasteiger partial charge in [-0.25, -0.2) is 9.18 Å². The second-order valence-electron chi connectivity index (χ2n) is 8.72. The van der Waals surface area contributed by atoms with Crippen LogP contribution in [0, 0.1) is 5.82 Å².